The van der Waals surface area contributed by atoms with Crippen molar-refractivity contribution in [2.45, 2.75) is 9.92 Å². The second-order valence-corrected chi connectivity index (χ2v) is 5.30. The number of hydrogen-bond acceptors (Lipinski definition) is 5. The van der Waals surface area contributed by atoms with Gasteiger partial charge in [0.2, 0.25) is 0 Å². The first kappa shape index (κ1) is 13.0. The summed E-state index contributed by atoms with van der Waals surface area (Å²) in [6.45, 7) is 0. The molecule has 0 saturated carbocycles. The van der Waals surface area contributed by atoms with Crippen LogP contribution >= 0.6 is 27.7 Å². The van der Waals surface area contributed by atoms with Crippen molar-refractivity contribution in [1.82, 2.24) is 9.97 Å². The number of carbonyl (C=O) groups is 1. The summed E-state index contributed by atoms with van der Waals surface area (Å²) in [6, 6.07) is 7.87. The lowest BCUT2D eigenvalue weighted by Crippen LogP contribution is -2.04. The first-order valence-electron chi connectivity index (χ1n) is 5.03. The smallest absolute Gasteiger partial charge is 0.358 e. The molecule has 0 amide bonds. The molecule has 4 nitrogen and oxygen atoms in total. The Bertz CT molecular complexity index is 543. The highest BCUT2D eigenvalue weighted by Crippen LogP contribution is 2.26. The average molecular weight is 325 g/mol. The van der Waals surface area contributed by atoms with Crippen LogP contribution in [-0.4, -0.2) is 23.0 Å². The molecule has 0 saturated heterocycles. The van der Waals surface area contributed by atoms with Crippen LogP contribution in [0.4, 0.5) is 0 Å². The maximum absolute atomic E-state index is 11.2. The molecular formula is C12H9BrN2O2S. The largest absolute Gasteiger partial charge is 0.464 e. The Morgan fingerprint density at radius 1 is 1.22 bits per heavy atom. The fourth-order valence-corrected chi connectivity index (χ4v) is 2.19. The molecule has 2 aromatic rings. The van der Waals surface area contributed by atoms with Gasteiger partial charge in [-0.2, -0.15) is 0 Å². The molecule has 2 rings (SSSR count). The van der Waals surface area contributed by atoms with Crippen molar-refractivity contribution in [3.63, 3.8) is 0 Å². The highest BCUT2D eigenvalue weighted by Gasteiger charge is 2.07. The van der Waals surface area contributed by atoms with Crippen molar-refractivity contribution in [3.05, 3.63) is 46.8 Å². The number of esters is 1. The number of methoxy groups -OCH3 is 1. The Kier molecular flexibility index (Phi) is 4.33. The monoisotopic (exact) mass is 324 g/mol. The molecule has 0 unspecified atom stereocenters. The minimum absolute atomic E-state index is 0.206. The lowest BCUT2D eigenvalue weighted by molar-refractivity contribution is 0.0593. The highest BCUT2D eigenvalue weighted by atomic mass is 79.9. The lowest BCUT2D eigenvalue weighted by Gasteiger charge is -2.01. The maximum atomic E-state index is 11.2. The number of carbonyl (C=O) groups excluding carboxylic acids is 1. The van der Waals surface area contributed by atoms with Gasteiger partial charge in [0.15, 0.2) is 5.69 Å². The molecule has 1 heterocycles. The van der Waals surface area contributed by atoms with E-state index in [1.807, 2.05) is 24.3 Å². The minimum Gasteiger partial charge on any atom is -0.464 e. The van der Waals surface area contributed by atoms with Gasteiger partial charge in [-0.25, -0.2) is 14.8 Å². The molecule has 92 valence electrons. The third-order valence-corrected chi connectivity index (χ3v) is 3.52. The molecule has 1 aromatic heterocycles. The molecule has 0 aliphatic rings. The van der Waals surface area contributed by atoms with E-state index in [-0.39, 0.29) is 5.69 Å². The van der Waals surface area contributed by atoms with Gasteiger partial charge >= 0.3 is 5.97 Å². The van der Waals surface area contributed by atoms with E-state index in [4.69, 9.17) is 0 Å². The summed E-state index contributed by atoms with van der Waals surface area (Å²) in [5.41, 5.74) is 0.206. The minimum atomic E-state index is -0.484. The first-order valence-corrected chi connectivity index (χ1v) is 6.64. The highest BCUT2D eigenvalue weighted by molar-refractivity contribution is 9.10. The summed E-state index contributed by atoms with van der Waals surface area (Å²) >= 11 is 4.85. The quantitative estimate of drug-likeness (QED) is 0.811. The van der Waals surface area contributed by atoms with E-state index < -0.39 is 5.97 Å². The van der Waals surface area contributed by atoms with Crippen molar-refractivity contribution >= 4 is 33.7 Å². The molecule has 18 heavy (non-hydrogen) atoms. The third-order valence-electron chi connectivity index (χ3n) is 2.06. The normalized spacial score (nSPS) is 10.1. The second-order valence-electron chi connectivity index (χ2n) is 3.29. The van der Waals surface area contributed by atoms with Crippen LogP contribution in [0, 0.1) is 0 Å². The summed E-state index contributed by atoms with van der Waals surface area (Å²) in [4.78, 5) is 20.4. The number of nitrogens with zero attached hydrogens (tertiary/aromatic N) is 2. The van der Waals surface area contributed by atoms with Crippen LogP contribution in [0.1, 0.15) is 10.5 Å². The van der Waals surface area contributed by atoms with Crippen LogP contribution in [-0.2, 0) is 4.74 Å². The Morgan fingerprint density at radius 3 is 2.50 bits per heavy atom. The fourth-order valence-electron chi connectivity index (χ4n) is 1.20. The molecule has 0 spiro atoms. The molecule has 0 N–H and O–H groups in total. The summed E-state index contributed by atoms with van der Waals surface area (Å²) in [5, 5.41) is 0.727. The van der Waals surface area contributed by atoms with E-state index in [2.05, 4.69) is 30.6 Å². The molecule has 0 fully saturated rings. The average Bonchev–Trinajstić information content (AvgIpc) is 2.41. The Labute approximate surface area is 117 Å². The zero-order valence-electron chi connectivity index (χ0n) is 9.46. The van der Waals surface area contributed by atoms with Crippen molar-refractivity contribution < 1.29 is 9.53 Å². The summed E-state index contributed by atoms with van der Waals surface area (Å²) in [7, 11) is 1.31. The summed E-state index contributed by atoms with van der Waals surface area (Å²) in [6.07, 6.45) is 2.96. The number of hydrogen-bond donors (Lipinski definition) is 0. The zero-order valence-corrected chi connectivity index (χ0v) is 11.9. The Hall–Kier alpha value is -1.40. The van der Waals surface area contributed by atoms with E-state index in [0.29, 0.717) is 0 Å². The summed E-state index contributed by atoms with van der Waals surface area (Å²) < 4.78 is 5.58. The summed E-state index contributed by atoms with van der Waals surface area (Å²) in [5.74, 6) is -0.484. The first-order chi connectivity index (χ1) is 8.69. The maximum Gasteiger partial charge on any atom is 0.358 e. The molecular weight excluding hydrogens is 316 g/mol. The van der Waals surface area contributed by atoms with E-state index in [1.165, 1.54) is 25.1 Å². The van der Waals surface area contributed by atoms with Crippen molar-refractivity contribution in [3.8, 4) is 0 Å². The molecule has 0 atom stereocenters. The molecule has 6 heteroatoms. The van der Waals surface area contributed by atoms with Gasteiger partial charge in [0.05, 0.1) is 19.5 Å². The molecule has 0 bridgehead atoms. The molecule has 0 radical (unpaired) electrons. The predicted octanol–water partition coefficient (Wildman–Crippen LogP) is 3.18. The molecule has 0 aliphatic carbocycles. The predicted molar refractivity (Wildman–Crippen MR) is 71.6 cm³/mol. The second kappa shape index (κ2) is 5.97. The van der Waals surface area contributed by atoms with E-state index >= 15 is 0 Å². The van der Waals surface area contributed by atoms with E-state index in [1.54, 1.807) is 6.20 Å². The third kappa shape index (κ3) is 3.30. The zero-order chi connectivity index (χ0) is 13.0. The van der Waals surface area contributed by atoms with Crippen molar-refractivity contribution in [2.75, 3.05) is 7.11 Å². The fraction of sp³-hybridized carbons (Fsp3) is 0.0833. The van der Waals surface area contributed by atoms with Crippen LogP contribution in [0.2, 0.25) is 0 Å². The van der Waals surface area contributed by atoms with Crippen LogP contribution in [0.15, 0.2) is 51.1 Å². The standard InChI is InChI=1S/C12H9BrN2O2S/c1-17-12(16)10-6-15-11(7-14-10)18-9-4-2-8(13)3-5-9/h2-7H,1H3. The van der Waals surface area contributed by atoms with E-state index in [9.17, 15) is 4.79 Å². The number of benzene rings is 1. The van der Waals surface area contributed by atoms with Gasteiger partial charge in [0, 0.05) is 9.37 Å². The van der Waals surface area contributed by atoms with Gasteiger partial charge < -0.3 is 4.74 Å². The van der Waals surface area contributed by atoms with Crippen LogP contribution < -0.4 is 0 Å². The molecule has 1 aromatic carbocycles. The van der Waals surface area contributed by atoms with Crippen LogP contribution in [0.25, 0.3) is 0 Å². The van der Waals surface area contributed by atoms with Crippen molar-refractivity contribution in [1.29, 1.82) is 0 Å². The van der Waals surface area contributed by atoms with Crippen LogP contribution in [0.5, 0.6) is 0 Å². The topological polar surface area (TPSA) is 52.1 Å². The molecule has 0 aliphatic heterocycles. The number of halogens is 1. The Balaban J connectivity index is 2.10. The van der Waals surface area contributed by atoms with Gasteiger partial charge in [-0.15, -0.1) is 0 Å². The van der Waals surface area contributed by atoms with Gasteiger partial charge in [-0.1, -0.05) is 27.7 Å². The van der Waals surface area contributed by atoms with Gasteiger partial charge in [0.1, 0.15) is 5.03 Å². The van der Waals surface area contributed by atoms with E-state index in [0.717, 1.165) is 14.4 Å². The van der Waals surface area contributed by atoms with Gasteiger partial charge in [-0.3, -0.25) is 0 Å². The number of rotatable bonds is 3. The van der Waals surface area contributed by atoms with Gasteiger partial charge in [0.25, 0.3) is 0 Å². The Morgan fingerprint density at radius 2 is 1.94 bits per heavy atom. The lowest BCUT2D eigenvalue weighted by atomic mass is 10.4. The van der Waals surface area contributed by atoms with Gasteiger partial charge in [-0.05, 0) is 24.3 Å². The van der Waals surface area contributed by atoms with Crippen LogP contribution in [0.3, 0.4) is 0 Å². The number of aromatic nitrogens is 2. The van der Waals surface area contributed by atoms with Crippen molar-refractivity contribution in [2.24, 2.45) is 0 Å². The SMILES string of the molecule is COC(=O)c1cnc(Sc2ccc(Br)cc2)cn1. The number of ether oxygens (including phenoxy) is 1.